The largest absolute Gasteiger partial charge is 0.398 e. The second-order valence-corrected chi connectivity index (χ2v) is 5.79. The maximum absolute atomic E-state index is 11.7. The van der Waals surface area contributed by atoms with Crippen LogP contribution in [0.3, 0.4) is 0 Å². The fourth-order valence-electron chi connectivity index (χ4n) is 1.94. The van der Waals surface area contributed by atoms with Gasteiger partial charge in [-0.3, -0.25) is 4.79 Å². The molecular weight excluding hydrogens is 268 g/mol. The van der Waals surface area contributed by atoms with E-state index in [9.17, 15) is 4.79 Å². The van der Waals surface area contributed by atoms with Crippen molar-refractivity contribution in [1.82, 2.24) is 5.32 Å². The molecule has 0 aliphatic heterocycles. The lowest BCUT2D eigenvalue weighted by molar-refractivity contribution is 0.0963. The number of rotatable bonds is 3. The van der Waals surface area contributed by atoms with E-state index in [0.717, 1.165) is 9.79 Å². The first kappa shape index (κ1) is 14.5. The molecule has 104 valence electrons. The quantitative estimate of drug-likeness (QED) is 0.850. The minimum Gasteiger partial charge on any atom is -0.398 e. The Balaban J connectivity index is 2.35. The Kier molecular flexibility index (Phi) is 4.35. The highest BCUT2D eigenvalue weighted by molar-refractivity contribution is 7.99. The van der Waals surface area contributed by atoms with E-state index in [1.165, 1.54) is 11.1 Å². The lowest BCUT2D eigenvalue weighted by atomic mass is 10.2. The summed E-state index contributed by atoms with van der Waals surface area (Å²) in [5.41, 5.74) is 9.75. The highest BCUT2D eigenvalue weighted by Crippen LogP contribution is 2.34. The lowest BCUT2D eigenvalue weighted by Gasteiger charge is -2.10. The molecule has 2 rings (SSSR count). The number of carbonyl (C=O) groups excluding carboxylic acids is 1. The number of anilines is 1. The third kappa shape index (κ3) is 3.14. The standard InChI is InChI=1S/C16H18N2OS/c1-10-4-7-14(11(2)8-10)20-15-9-12(16(19)18-3)5-6-13(15)17/h4-9H,17H2,1-3H3,(H,18,19). The molecule has 1 amide bonds. The van der Waals surface area contributed by atoms with Crippen LogP contribution < -0.4 is 11.1 Å². The van der Waals surface area contributed by atoms with E-state index in [1.807, 2.05) is 6.07 Å². The van der Waals surface area contributed by atoms with Gasteiger partial charge in [0.25, 0.3) is 5.91 Å². The van der Waals surface area contributed by atoms with Crippen molar-refractivity contribution in [2.75, 3.05) is 12.8 Å². The zero-order valence-corrected chi connectivity index (χ0v) is 12.7. The van der Waals surface area contributed by atoms with Gasteiger partial charge in [0, 0.05) is 28.1 Å². The van der Waals surface area contributed by atoms with Crippen molar-refractivity contribution in [3.63, 3.8) is 0 Å². The molecule has 0 atom stereocenters. The number of nitrogen functional groups attached to an aromatic ring is 1. The summed E-state index contributed by atoms with van der Waals surface area (Å²) in [6, 6.07) is 11.6. The van der Waals surface area contributed by atoms with Crippen LogP contribution in [0.1, 0.15) is 21.5 Å². The number of nitrogens with two attached hydrogens (primary N) is 1. The smallest absolute Gasteiger partial charge is 0.251 e. The molecule has 0 bridgehead atoms. The van der Waals surface area contributed by atoms with Crippen molar-refractivity contribution in [1.29, 1.82) is 0 Å². The summed E-state index contributed by atoms with van der Waals surface area (Å²) < 4.78 is 0. The van der Waals surface area contributed by atoms with Crippen molar-refractivity contribution >= 4 is 23.4 Å². The van der Waals surface area contributed by atoms with E-state index >= 15 is 0 Å². The summed E-state index contributed by atoms with van der Waals surface area (Å²) >= 11 is 1.59. The van der Waals surface area contributed by atoms with Gasteiger partial charge < -0.3 is 11.1 Å². The Bertz CT molecular complexity index is 653. The molecule has 2 aromatic carbocycles. The second-order valence-electron chi connectivity index (χ2n) is 4.70. The molecule has 0 aliphatic carbocycles. The monoisotopic (exact) mass is 286 g/mol. The molecule has 0 aliphatic rings. The number of hydrogen-bond acceptors (Lipinski definition) is 3. The van der Waals surface area contributed by atoms with Gasteiger partial charge in [-0.1, -0.05) is 29.5 Å². The van der Waals surface area contributed by atoms with Crippen molar-refractivity contribution in [2.24, 2.45) is 0 Å². The van der Waals surface area contributed by atoms with Crippen LogP contribution in [0, 0.1) is 13.8 Å². The van der Waals surface area contributed by atoms with Crippen LogP contribution in [-0.4, -0.2) is 13.0 Å². The van der Waals surface area contributed by atoms with Crippen LogP contribution in [0.25, 0.3) is 0 Å². The molecular formula is C16H18N2OS. The van der Waals surface area contributed by atoms with Gasteiger partial charge in [0.15, 0.2) is 0 Å². The zero-order chi connectivity index (χ0) is 14.7. The fraction of sp³-hybridized carbons (Fsp3) is 0.188. The predicted molar refractivity (Wildman–Crippen MR) is 84.3 cm³/mol. The van der Waals surface area contributed by atoms with E-state index < -0.39 is 0 Å². The number of benzene rings is 2. The van der Waals surface area contributed by atoms with E-state index in [4.69, 9.17) is 5.73 Å². The van der Waals surface area contributed by atoms with Crippen LogP contribution >= 0.6 is 11.8 Å². The highest BCUT2D eigenvalue weighted by Gasteiger charge is 2.09. The third-order valence-electron chi connectivity index (χ3n) is 3.05. The molecule has 3 nitrogen and oxygen atoms in total. The second kappa shape index (κ2) is 6.01. The van der Waals surface area contributed by atoms with Crippen LogP contribution in [-0.2, 0) is 0 Å². The van der Waals surface area contributed by atoms with Crippen molar-refractivity contribution < 1.29 is 4.79 Å². The molecule has 2 aromatic rings. The first-order chi connectivity index (χ1) is 9.51. The number of carbonyl (C=O) groups is 1. The predicted octanol–water partition coefficient (Wildman–Crippen LogP) is 3.40. The summed E-state index contributed by atoms with van der Waals surface area (Å²) in [5.74, 6) is -0.104. The van der Waals surface area contributed by atoms with Crippen LogP contribution in [0.5, 0.6) is 0 Å². The van der Waals surface area contributed by atoms with Gasteiger partial charge in [-0.2, -0.15) is 0 Å². The van der Waals surface area contributed by atoms with Crippen LogP contribution in [0.4, 0.5) is 5.69 Å². The maximum atomic E-state index is 11.7. The molecule has 20 heavy (non-hydrogen) atoms. The van der Waals surface area contributed by atoms with Gasteiger partial charge in [-0.05, 0) is 43.7 Å². The Morgan fingerprint density at radius 2 is 1.85 bits per heavy atom. The number of amides is 1. The molecule has 4 heteroatoms. The van der Waals surface area contributed by atoms with Gasteiger partial charge in [0.2, 0.25) is 0 Å². The van der Waals surface area contributed by atoms with Gasteiger partial charge in [-0.25, -0.2) is 0 Å². The molecule has 0 heterocycles. The third-order valence-corrected chi connectivity index (χ3v) is 4.30. The van der Waals surface area contributed by atoms with E-state index in [2.05, 4.69) is 37.4 Å². The summed E-state index contributed by atoms with van der Waals surface area (Å²) in [5, 5.41) is 2.62. The van der Waals surface area contributed by atoms with Gasteiger partial charge in [0.1, 0.15) is 0 Å². The summed E-state index contributed by atoms with van der Waals surface area (Å²) in [4.78, 5) is 13.7. The minimum absolute atomic E-state index is 0.104. The highest BCUT2D eigenvalue weighted by atomic mass is 32.2. The minimum atomic E-state index is -0.104. The zero-order valence-electron chi connectivity index (χ0n) is 11.9. The normalized spacial score (nSPS) is 10.3. The van der Waals surface area contributed by atoms with Gasteiger partial charge >= 0.3 is 0 Å². The molecule has 0 saturated carbocycles. The van der Waals surface area contributed by atoms with E-state index in [0.29, 0.717) is 11.3 Å². The summed E-state index contributed by atoms with van der Waals surface area (Å²) in [6.45, 7) is 4.15. The van der Waals surface area contributed by atoms with E-state index in [-0.39, 0.29) is 5.91 Å². The number of hydrogen-bond donors (Lipinski definition) is 2. The summed E-state index contributed by atoms with van der Waals surface area (Å²) in [7, 11) is 1.62. The fourth-order valence-corrected chi connectivity index (χ4v) is 2.91. The van der Waals surface area contributed by atoms with Crippen molar-refractivity contribution in [3.8, 4) is 0 Å². The molecule has 0 radical (unpaired) electrons. The maximum Gasteiger partial charge on any atom is 0.251 e. The number of aryl methyl sites for hydroxylation is 2. The molecule has 3 N–H and O–H groups in total. The molecule has 0 spiro atoms. The SMILES string of the molecule is CNC(=O)c1ccc(N)c(Sc2ccc(C)cc2C)c1. The Morgan fingerprint density at radius 3 is 2.50 bits per heavy atom. The van der Waals surface area contributed by atoms with Crippen molar-refractivity contribution in [3.05, 3.63) is 53.1 Å². The Morgan fingerprint density at radius 1 is 1.10 bits per heavy atom. The molecule has 0 fully saturated rings. The average Bonchev–Trinajstić information content (AvgIpc) is 2.43. The topological polar surface area (TPSA) is 55.1 Å². The average molecular weight is 286 g/mol. The van der Waals surface area contributed by atoms with Crippen LogP contribution in [0.15, 0.2) is 46.2 Å². The Labute approximate surface area is 123 Å². The molecule has 0 unspecified atom stereocenters. The van der Waals surface area contributed by atoms with Crippen molar-refractivity contribution in [2.45, 2.75) is 23.6 Å². The van der Waals surface area contributed by atoms with Gasteiger partial charge in [-0.15, -0.1) is 0 Å². The molecule has 0 saturated heterocycles. The number of nitrogens with one attached hydrogen (secondary N) is 1. The van der Waals surface area contributed by atoms with E-state index in [1.54, 1.807) is 30.9 Å². The Hall–Kier alpha value is -1.94. The molecule has 0 aromatic heterocycles. The first-order valence-corrected chi connectivity index (χ1v) is 7.19. The van der Waals surface area contributed by atoms with Crippen LogP contribution in [0.2, 0.25) is 0 Å². The van der Waals surface area contributed by atoms with Gasteiger partial charge in [0.05, 0.1) is 0 Å². The first-order valence-electron chi connectivity index (χ1n) is 6.38. The summed E-state index contributed by atoms with van der Waals surface area (Å²) in [6.07, 6.45) is 0. The lowest BCUT2D eigenvalue weighted by Crippen LogP contribution is -2.17.